The van der Waals surface area contributed by atoms with Gasteiger partial charge < -0.3 is 24.1 Å². The highest BCUT2D eigenvalue weighted by Crippen LogP contribution is 2.30. The number of hydrogen-bond acceptors (Lipinski definition) is 4. The zero-order chi connectivity index (χ0) is 13.9. The second-order valence-corrected chi connectivity index (χ2v) is 5.01. The number of aliphatic hydroxyl groups excluding tert-OH is 1. The molecular weight excluding hydrogens is 276 g/mol. The number of fused-ring (bicyclic) bond motifs is 1. The maximum atomic E-state index is 9.26. The van der Waals surface area contributed by atoms with Gasteiger partial charge in [0.2, 0.25) is 0 Å². The Morgan fingerprint density at radius 2 is 2.05 bits per heavy atom. The van der Waals surface area contributed by atoms with Crippen LogP contribution in [0, 0.1) is 4.77 Å². The van der Waals surface area contributed by atoms with E-state index in [9.17, 15) is 5.11 Å². The first-order valence-corrected chi connectivity index (χ1v) is 6.95. The van der Waals surface area contributed by atoms with E-state index in [0.29, 0.717) is 18.0 Å². The number of imidazole rings is 1. The number of aryl methyl sites for hydroxylation is 1. The Hall–Kier alpha value is -1.79. The van der Waals surface area contributed by atoms with Crippen molar-refractivity contribution in [3.63, 3.8) is 0 Å². The molecule has 0 radical (unpaired) electrons. The zero-order valence-electron chi connectivity index (χ0n) is 11.0. The van der Waals surface area contributed by atoms with Gasteiger partial charge in [0.15, 0.2) is 16.3 Å². The van der Waals surface area contributed by atoms with E-state index in [0.717, 1.165) is 35.7 Å². The number of benzene rings is 1. The van der Waals surface area contributed by atoms with Crippen molar-refractivity contribution in [2.45, 2.75) is 19.6 Å². The van der Waals surface area contributed by atoms with Gasteiger partial charge in [0, 0.05) is 12.7 Å². The highest BCUT2D eigenvalue weighted by Gasteiger charge is 2.12. The third kappa shape index (κ3) is 2.57. The molecule has 1 aromatic heterocycles. The van der Waals surface area contributed by atoms with Crippen molar-refractivity contribution in [2.75, 3.05) is 13.2 Å². The molecule has 0 saturated heterocycles. The van der Waals surface area contributed by atoms with Crippen LogP contribution in [-0.4, -0.2) is 27.9 Å². The molecule has 2 heterocycles. The molecule has 3 rings (SSSR count). The molecule has 0 bridgehead atoms. The number of nitrogens with one attached hydrogen (secondary N) is 1. The number of rotatable bonds is 4. The molecule has 0 unspecified atom stereocenters. The van der Waals surface area contributed by atoms with E-state index in [-0.39, 0.29) is 6.61 Å². The monoisotopic (exact) mass is 292 g/mol. The van der Waals surface area contributed by atoms with Crippen molar-refractivity contribution >= 4 is 12.2 Å². The molecule has 0 spiro atoms. The smallest absolute Gasteiger partial charge is 0.177 e. The number of aromatic nitrogens is 2. The number of aromatic amines is 1. The van der Waals surface area contributed by atoms with Crippen LogP contribution in [0.25, 0.3) is 0 Å². The van der Waals surface area contributed by atoms with Gasteiger partial charge in [-0.25, -0.2) is 0 Å². The molecule has 5 nitrogen and oxygen atoms in total. The van der Waals surface area contributed by atoms with Crippen molar-refractivity contribution in [2.24, 2.45) is 0 Å². The maximum Gasteiger partial charge on any atom is 0.177 e. The number of aliphatic hydroxyl groups is 1. The summed E-state index contributed by atoms with van der Waals surface area (Å²) in [6.45, 7) is 1.89. The largest absolute Gasteiger partial charge is 0.486 e. The van der Waals surface area contributed by atoms with Crippen molar-refractivity contribution in [1.29, 1.82) is 0 Å². The summed E-state index contributed by atoms with van der Waals surface area (Å²) in [5, 5.41) is 9.26. The van der Waals surface area contributed by atoms with Crippen LogP contribution in [-0.2, 0) is 19.6 Å². The Morgan fingerprint density at radius 1 is 1.25 bits per heavy atom. The van der Waals surface area contributed by atoms with Gasteiger partial charge in [-0.1, -0.05) is 6.07 Å². The topological polar surface area (TPSA) is 59.4 Å². The summed E-state index contributed by atoms with van der Waals surface area (Å²) < 4.78 is 13.6. The highest BCUT2D eigenvalue weighted by atomic mass is 32.1. The fourth-order valence-electron chi connectivity index (χ4n) is 2.29. The van der Waals surface area contributed by atoms with Crippen LogP contribution in [0.2, 0.25) is 0 Å². The first kappa shape index (κ1) is 13.2. The van der Waals surface area contributed by atoms with E-state index in [4.69, 9.17) is 21.7 Å². The van der Waals surface area contributed by atoms with Gasteiger partial charge >= 0.3 is 0 Å². The molecular formula is C14H16N2O3S. The lowest BCUT2D eigenvalue weighted by Crippen LogP contribution is -2.15. The quantitative estimate of drug-likeness (QED) is 0.847. The Morgan fingerprint density at radius 3 is 2.85 bits per heavy atom. The van der Waals surface area contributed by atoms with Crippen molar-refractivity contribution in [1.82, 2.24) is 9.55 Å². The molecule has 0 saturated carbocycles. The van der Waals surface area contributed by atoms with Gasteiger partial charge in [-0.15, -0.1) is 0 Å². The van der Waals surface area contributed by atoms with Crippen LogP contribution in [0.3, 0.4) is 0 Å². The van der Waals surface area contributed by atoms with Crippen LogP contribution in [0.1, 0.15) is 11.3 Å². The summed E-state index contributed by atoms with van der Waals surface area (Å²) in [5.74, 6) is 1.60. The van der Waals surface area contributed by atoms with Gasteiger partial charge in [-0.2, -0.15) is 0 Å². The molecule has 0 amide bonds. The lowest BCUT2D eigenvalue weighted by Gasteiger charge is -2.19. The number of hydrogen-bond donors (Lipinski definition) is 2. The second-order valence-electron chi connectivity index (χ2n) is 4.62. The van der Waals surface area contributed by atoms with E-state index in [2.05, 4.69) is 4.98 Å². The van der Waals surface area contributed by atoms with Crippen molar-refractivity contribution in [3.05, 3.63) is 40.4 Å². The van der Waals surface area contributed by atoms with Crippen LogP contribution in [0.4, 0.5) is 0 Å². The van der Waals surface area contributed by atoms with Crippen LogP contribution in [0.5, 0.6) is 11.5 Å². The molecule has 1 aliphatic heterocycles. The SMILES string of the molecule is OCc1c[nH]c(=S)n1CCc1ccc2c(c1)OCCO2. The summed E-state index contributed by atoms with van der Waals surface area (Å²) in [7, 11) is 0. The second kappa shape index (κ2) is 5.68. The fraction of sp³-hybridized carbons (Fsp3) is 0.357. The summed E-state index contributed by atoms with van der Waals surface area (Å²) in [6.07, 6.45) is 2.56. The van der Waals surface area contributed by atoms with Gasteiger partial charge in [0.05, 0.1) is 12.3 Å². The third-order valence-electron chi connectivity index (χ3n) is 3.35. The van der Waals surface area contributed by atoms with E-state index in [1.807, 2.05) is 22.8 Å². The minimum absolute atomic E-state index is 0.0196. The van der Waals surface area contributed by atoms with Crippen LogP contribution < -0.4 is 9.47 Å². The van der Waals surface area contributed by atoms with Gasteiger partial charge in [0.25, 0.3) is 0 Å². The summed E-state index contributed by atoms with van der Waals surface area (Å²) in [6, 6.07) is 5.97. The van der Waals surface area contributed by atoms with E-state index >= 15 is 0 Å². The van der Waals surface area contributed by atoms with E-state index < -0.39 is 0 Å². The summed E-state index contributed by atoms with van der Waals surface area (Å²) in [4.78, 5) is 2.95. The molecule has 6 heteroatoms. The normalized spacial score (nSPS) is 13.4. The number of ether oxygens (including phenoxy) is 2. The van der Waals surface area contributed by atoms with E-state index in [1.54, 1.807) is 6.20 Å². The summed E-state index contributed by atoms with van der Waals surface area (Å²) >= 11 is 5.20. The Bertz CT molecular complexity index is 663. The molecule has 0 fully saturated rings. The van der Waals surface area contributed by atoms with E-state index in [1.165, 1.54) is 0 Å². The first-order chi connectivity index (χ1) is 9.78. The minimum Gasteiger partial charge on any atom is -0.486 e. The third-order valence-corrected chi connectivity index (χ3v) is 3.69. The lowest BCUT2D eigenvalue weighted by molar-refractivity contribution is 0.171. The molecule has 2 N–H and O–H groups in total. The predicted octanol–water partition coefficient (Wildman–Crippen LogP) is 2.05. The average molecular weight is 292 g/mol. The molecule has 1 aliphatic rings. The Balaban J connectivity index is 1.75. The van der Waals surface area contributed by atoms with Crippen LogP contribution in [0.15, 0.2) is 24.4 Å². The molecule has 1 aromatic carbocycles. The standard InChI is InChI=1S/C14H16N2O3S/c17-9-11-8-15-14(20)16(11)4-3-10-1-2-12-13(7-10)19-6-5-18-12/h1-2,7-8,17H,3-6,9H2,(H,15,20). The molecule has 0 aliphatic carbocycles. The zero-order valence-corrected chi connectivity index (χ0v) is 11.8. The minimum atomic E-state index is -0.0196. The Kier molecular flexibility index (Phi) is 3.75. The average Bonchev–Trinajstić information content (AvgIpc) is 2.85. The Labute approximate surface area is 121 Å². The number of nitrogens with zero attached hydrogens (tertiary/aromatic N) is 1. The van der Waals surface area contributed by atoms with Gasteiger partial charge in [-0.3, -0.25) is 0 Å². The van der Waals surface area contributed by atoms with Crippen molar-refractivity contribution < 1.29 is 14.6 Å². The lowest BCUT2D eigenvalue weighted by atomic mass is 10.1. The fourth-order valence-corrected chi connectivity index (χ4v) is 2.56. The molecule has 106 valence electrons. The van der Waals surface area contributed by atoms with Crippen molar-refractivity contribution in [3.8, 4) is 11.5 Å². The summed E-state index contributed by atoms with van der Waals surface area (Å²) in [5.41, 5.74) is 1.95. The first-order valence-electron chi connectivity index (χ1n) is 6.54. The highest BCUT2D eigenvalue weighted by molar-refractivity contribution is 7.71. The molecule has 20 heavy (non-hydrogen) atoms. The van der Waals surface area contributed by atoms with Gasteiger partial charge in [-0.05, 0) is 36.3 Å². The number of H-pyrrole nitrogens is 1. The maximum absolute atomic E-state index is 9.26. The van der Waals surface area contributed by atoms with Gasteiger partial charge in [0.1, 0.15) is 13.2 Å². The molecule has 2 aromatic rings. The van der Waals surface area contributed by atoms with Crippen LogP contribution >= 0.6 is 12.2 Å². The molecule has 0 atom stereocenters. The predicted molar refractivity (Wildman–Crippen MR) is 76.7 cm³/mol.